The van der Waals surface area contributed by atoms with Gasteiger partial charge in [-0.25, -0.2) is 8.78 Å². The Morgan fingerprint density at radius 2 is 1.93 bits per heavy atom. The molecule has 1 saturated carbocycles. The number of alkyl halides is 2. The first kappa shape index (κ1) is 10.1. The van der Waals surface area contributed by atoms with Crippen LogP contribution in [0.3, 0.4) is 0 Å². The molecule has 1 unspecified atom stereocenters. The highest BCUT2D eigenvalue weighted by molar-refractivity contribution is 5.70. The summed E-state index contributed by atoms with van der Waals surface area (Å²) < 4.78 is 25.4. The van der Waals surface area contributed by atoms with E-state index in [0.717, 1.165) is 0 Å². The Kier molecular flexibility index (Phi) is 2.21. The molecule has 1 fully saturated rings. The molecule has 0 aromatic heterocycles. The summed E-state index contributed by atoms with van der Waals surface area (Å²) in [6.07, 6.45) is -0.160. The molecule has 1 atom stereocenters. The summed E-state index contributed by atoms with van der Waals surface area (Å²) in [6, 6.07) is 6.36. The second-order valence-electron chi connectivity index (χ2n) is 3.83. The fourth-order valence-electron chi connectivity index (χ4n) is 1.62. The highest BCUT2D eigenvalue weighted by Crippen LogP contribution is 2.55. The first-order valence-corrected chi connectivity index (χ1v) is 4.67. The lowest BCUT2D eigenvalue weighted by molar-refractivity contribution is -0.136. The van der Waals surface area contributed by atoms with Gasteiger partial charge < -0.3 is 5.11 Å². The molecule has 1 aliphatic carbocycles. The predicted octanol–water partition coefficient (Wildman–Crippen LogP) is 2.44. The number of hydrogen-bond acceptors (Lipinski definition) is 1. The fourth-order valence-corrected chi connectivity index (χ4v) is 1.62. The van der Waals surface area contributed by atoms with E-state index in [9.17, 15) is 13.6 Å². The summed E-state index contributed by atoms with van der Waals surface area (Å²) in [5.41, 5.74) is 1.23. The van der Waals surface area contributed by atoms with Gasteiger partial charge in [-0.05, 0) is 11.1 Å². The Balaban J connectivity index is 2.08. The van der Waals surface area contributed by atoms with Gasteiger partial charge >= 0.3 is 5.97 Å². The van der Waals surface area contributed by atoms with Crippen molar-refractivity contribution in [2.75, 3.05) is 0 Å². The van der Waals surface area contributed by atoms with E-state index in [-0.39, 0.29) is 12.8 Å². The van der Waals surface area contributed by atoms with Crippen LogP contribution in [0.5, 0.6) is 0 Å². The minimum absolute atomic E-state index is 0.0681. The topological polar surface area (TPSA) is 37.3 Å². The second kappa shape index (κ2) is 3.29. The molecule has 0 heterocycles. The van der Waals surface area contributed by atoms with E-state index in [2.05, 4.69) is 0 Å². The summed E-state index contributed by atoms with van der Waals surface area (Å²) >= 11 is 0. The van der Waals surface area contributed by atoms with Gasteiger partial charge in [0.2, 0.25) is 0 Å². The lowest BCUT2D eigenvalue weighted by Crippen LogP contribution is -2.00. The van der Waals surface area contributed by atoms with Crippen molar-refractivity contribution in [2.24, 2.45) is 0 Å². The number of carbonyl (C=O) groups is 1. The van der Waals surface area contributed by atoms with Gasteiger partial charge in [0.05, 0.1) is 12.3 Å². The number of benzene rings is 1. The van der Waals surface area contributed by atoms with Crippen LogP contribution in [0, 0.1) is 0 Å². The second-order valence-corrected chi connectivity index (χ2v) is 3.83. The van der Waals surface area contributed by atoms with Gasteiger partial charge in [-0.3, -0.25) is 4.79 Å². The van der Waals surface area contributed by atoms with E-state index >= 15 is 0 Å². The third kappa shape index (κ3) is 2.14. The van der Waals surface area contributed by atoms with Gasteiger partial charge in [-0.1, -0.05) is 24.3 Å². The van der Waals surface area contributed by atoms with Gasteiger partial charge in [0, 0.05) is 6.42 Å². The lowest BCUT2D eigenvalue weighted by Gasteiger charge is -2.01. The number of halogens is 2. The first-order chi connectivity index (χ1) is 6.99. The van der Waals surface area contributed by atoms with Crippen molar-refractivity contribution >= 4 is 5.97 Å². The van der Waals surface area contributed by atoms with Gasteiger partial charge in [-0.2, -0.15) is 0 Å². The molecule has 1 aromatic carbocycles. The van der Waals surface area contributed by atoms with Crippen LogP contribution in [0.1, 0.15) is 23.5 Å². The van der Waals surface area contributed by atoms with Crippen LogP contribution in [-0.2, 0) is 11.2 Å². The Hall–Kier alpha value is -1.45. The van der Waals surface area contributed by atoms with Crippen LogP contribution in [0.4, 0.5) is 8.78 Å². The van der Waals surface area contributed by atoms with Crippen molar-refractivity contribution in [3.63, 3.8) is 0 Å². The van der Waals surface area contributed by atoms with Crippen LogP contribution in [0.15, 0.2) is 24.3 Å². The van der Waals surface area contributed by atoms with E-state index in [1.54, 1.807) is 24.3 Å². The largest absolute Gasteiger partial charge is 0.481 e. The zero-order chi connectivity index (χ0) is 11.1. The third-order valence-electron chi connectivity index (χ3n) is 2.56. The van der Waals surface area contributed by atoms with Crippen molar-refractivity contribution in [1.29, 1.82) is 0 Å². The average molecular weight is 212 g/mol. The number of rotatable bonds is 3. The molecule has 0 saturated heterocycles. The number of hydrogen-bond donors (Lipinski definition) is 1. The zero-order valence-corrected chi connectivity index (χ0v) is 7.91. The molecule has 0 radical (unpaired) electrons. The molecule has 4 heteroatoms. The van der Waals surface area contributed by atoms with Gasteiger partial charge in [-0.15, -0.1) is 0 Å². The standard InChI is InChI=1S/C11H10F2O2/c12-11(13)6-9(11)8-3-1-7(2-4-8)5-10(14)15/h1-4,9H,5-6H2,(H,14,15). The molecule has 2 nitrogen and oxygen atoms in total. The summed E-state index contributed by atoms with van der Waals surface area (Å²) in [6.45, 7) is 0. The van der Waals surface area contributed by atoms with E-state index < -0.39 is 17.8 Å². The summed E-state index contributed by atoms with van der Waals surface area (Å²) in [5.74, 6) is -4.15. The van der Waals surface area contributed by atoms with Crippen LogP contribution in [-0.4, -0.2) is 17.0 Å². The first-order valence-electron chi connectivity index (χ1n) is 4.67. The number of aliphatic carboxylic acids is 1. The smallest absolute Gasteiger partial charge is 0.307 e. The van der Waals surface area contributed by atoms with E-state index in [4.69, 9.17) is 5.11 Å². The molecule has 1 aliphatic rings. The minimum atomic E-state index is -2.56. The molecule has 0 aliphatic heterocycles. The van der Waals surface area contributed by atoms with Crippen molar-refractivity contribution in [1.82, 2.24) is 0 Å². The van der Waals surface area contributed by atoms with Crippen molar-refractivity contribution < 1.29 is 18.7 Å². The van der Waals surface area contributed by atoms with Crippen molar-refractivity contribution in [2.45, 2.75) is 24.7 Å². The Morgan fingerprint density at radius 1 is 1.40 bits per heavy atom. The molecule has 1 aromatic rings. The van der Waals surface area contributed by atoms with Crippen LogP contribution in [0.25, 0.3) is 0 Å². The normalized spacial score (nSPS) is 22.4. The third-order valence-corrected chi connectivity index (χ3v) is 2.56. The van der Waals surface area contributed by atoms with Gasteiger partial charge in [0.25, 0.3) is 5.92 Å². The Labute approximate surface area is 85.5 Å². The molecular weight excluding hydrogens is 202 g/mol. The van der Waals surface area contributed by atoms with Crippen LogP contribution in [0.2, 0.25) is 0 Å². The van der Waals surface area contributed by atoms with Crippen molar-refractivity contribution in [3.8, 4) is 0 Å². The number of carboxylic acids is 1. The molecule has 0 bridgehead atoms. The molecule has 80 valence electrons. The van der Waals surface area contributed by atoms with Crippen molar-refractivity contribution in [3.05, 3.63) is 35.4 Å². The Bertz CT molecular complexity index is 384. The molecule has 0 amide bonds. The number of carboxylic acid groups (broad SMARTS) is 1. The van der Waals surface area contributed by atoms with Gasteiger partial charge in [0.1, 0.15) is 0 Å². The monoisotopic (exact) mass is 212 g/mol. The van der Waals surface area contributed by atoms with E-state index in [0.29, 0.717) is 11.1 Å². The molecule has 15 heavy (non-hydrogen) atoms. The predicted molar refractivity (Wildman–Crippen MR) is 50.1 cm³/mol. The van der Waals surface area contributed by atoms with Crippen LogP contribution >= 0.6 is 0 Å². The van der Waals surface area contributed by atoms with Crippen LogP contribution < -0.4 is 0 Å². The highest BCUT2D eigenvalue weighted by Gasteiger charge is 2.57. The SMILES string of the molecule is O=C(O)Cc1ccc(C2CC2(F)F)cc1. The highest BCUT2D eigenvalue weighted by atomic mass is 19.3. The zero-order valence-electron chi connectivity index (χ0n) is 7.91. The quantitative estimate of drug-likeness (QED) is 0.835. The van der Waals surface area contributed by atoms with E-state index in [1.165, 1.54) is 0 Å². The summed E-state index contributed by atoms with van der Waals surface area (Å²) in [5, 5.41) is 8.52. The maximum Gasteiger partial charge on any atom is 0.307 e. The maximum atomic E-state index is 12.7. The fraction of sp³-hybridized carbons (Fsp3) is 0.364. The molecule has 1 N–H and O–H groups in total. The summed E-state index contributed by atoms with van der Waals surface area (Å²) in [4.78, 5) is 10.4. The molecule has 0 spiro atoms. The Morgan fingerprint density at radius 3 is 2.33 bits per heavy atom. The lowest BCUT2D eigenvalue weighted by atomic mass is 10.1. The maximum absolute atomic E-state index is 12.7. The molecule has 2 rings (SSSR count). The molecular formula is C11H10F2O2. The van der Waals surface area contributed by atoms with Gasteiger partial charge in [0.15, 0.2) is 0 Å². The average Bonchev–Trinajstić information content (AvgIpc) is 2.75. The minimum Gasteiger partial charge on any atom is -0.481 e. The summed E-state index contributed by atoms with van der Waals surface area (Å²) in [7, 11) is 0. The van der Waals surface area contributed by atoms with E-state index in [1.807, 2.05) is 0 Å².